The molecule has 0 bridgehead atoms. The van der Waals surface area contributed by atoms with Crippen molar-refractivity contribution in [3.63, 3.8) is 0 Å². The highest BCUT2D eigenvalue weighted by molar-refractivity contribution is 5.93. The molecular weight excluding hydrogens is 452 g/mol. The Morgan fingerprint density at radius 1 is 0.971 bits per heavy atom. The third-order valence-electron chi connectivity index (χ3n) is 4.48. The molecule has 34 heavy (non-hydrogen) atoms. The first-order valence-corrected chi connectivity index (χ1v) is 10.3. The SMILES string of the molecule is O=C(O)/C=C/C(=O)N(O)CCCCNCc1ccc(COC(=O)Nc2ccc(F)c(F)c2)cc1. The van der Waals surface area contributed by atoms with Crippen molar-refractivity contribution < 1.29 is 38.2 Å². The fourth-order valence-electron chi connectivity index (χ4n) is 2.71. The number of anilines is 1. The van der Waals surface area contributed by atoms with E-state index in [1.54, 1.807) is 12.1 Å². The molecule has 0 saturated carbocycles. The second kappa shape index (κ2) is 13.7. The Kier molecular flexibility index (Phi) is 10.6. The summed E-state index contributed by atoms with van der Waals surface area (Å²) in [4.78, 5) is 33.6. The summed E-state index contributed by atoms with van der Waals surface area (Å²) in [5, 5.41) is 24.0. The maximum Gasteiger partial charge on any atom is 0.411 e. The quantitative estimate of drug-likeness (QED) is 0.160. The van der Waals surface area contributed by atoms with Gasteiger partial charge in [0, 0.05) is 37.0 Å². The summed E-state index contributed by atoms with van der Waals surface area (Å²) >= 11 is 0. The number of carbonyl (C=O) groups excluding carboxylic acids is 2. The second-order valence-corrected chi connectivity index (χ2v) is 7.16. The zero-order valence-electron chi connectivity index (χ0n) is 18.2. The van der Waals surface area contributed by atoms with Crippen molar-refractivity contribution in [1.29, 1.82) is 0 Å². The molecule has 2 aromatic rings. The molecule has 0 aliphatic heterocycles. The second-order valence-electron chi connectivity index (χ2n) is 7.16. The number of unbranched alkanes of at least 4 members (excludes halogenated alkanes) is 1. The molecule has 0 aromatic heterocycles. The van der Waals surface area contributed by atoms with E-state index in [1.807, 2.05) is 12.1 Å². The minimum Gasteiger partial charge on any atom is -0.478 e. The van der Waals surface area contributed by atoms with Crippen molar-refractivity contribution in [2.24, 2.45) is 0 Å². The number of hydrogen-bond acceptors (Lipinski definition) is 6. The van der Waals surface area contributed by atoms with Crippen molar-refractivity contribution in [2.75, 3.05) is 18.4 Å². The molecule has 0 atom stereocenters. The van der Waals surface area contributed by atoms with Gasteiger partial charge >= 0.3 is 12.1 Å². The molecule has 0 radical (unpaired) electrons. The van der Waals surface area contributed by atoms with Gasteiger partial charge in [-0.2, -0.15) is 0 Å². The van der Waals surface area contributed by atoms with E-state index in [0.717, 1.165) is 29.3 Å². The van der Waals surface area contributed by atoms with Crippen LogP contribution in [0, 0.1) is 11.6 Å². The summed E-state index contributed by atoms with van der Waals surface area (Å²) in [6.07, 6.45) is 1.87. The standard InChI is InChI=1S/C23H25F2N3O6/c24-19-8-7-18(13-20(19)25)27-23(32)34-15-17-5-3-16(4-6-17)14-26-11-1-2-12-28(33)21(29)9-10-22(30)31/h3-10,13,26,33H,1-2,11-12,14-15H2,(H,27,32)(H,30,31)/b10-9+. The number of rotatable bonds is 12. The normalized spacial score (nSPS) is 10.8. The van der Waals surface area contributed by atoms with Gasteiger partial charge in [0.15, 0.2) is 11.6 Å². The van der Waals surface area contributed by atoms with Gasteiger partial charge in [0.25, 0.3) is 5.91 Å². The van der Waals surface area contributed by atoms with Crippen LogP contribution in [0.15, 0.2) is 54.6 Å². The third-order valence-corrected chi connectivity index (χ3v) is 4.48. The summed E-state index contributed by atoms with van der Waals surface area (Å²) < 4.78 is 31.1. The maximum absolute atomic E-state index is 13.2. The fraction of sp³-hybridized carbons (Fsp3) is 0.261. The Hall–Kier alpha value is -3.83. The molecular formula is C23H25F2N3O6. The Labute approximate surface area is 194 Å². The fourth-order valence-corrected chi connectivity index (χ4v) is 2.71. The molecule has 0 saturated heterocycles. The van der Waals surface area contributed by atoms with Crippen LogP contribution in [0.3, 0.4) is 0 Å². The van der Waals surface area contributed by atoms with Crippen molar-refractivity contribution in [1.82, 2.24) is 10.4 Å². The van der Waals surface area contributed by atoms with Gasteiger partial charge in [-0.3, -0.25) is 15.3 Å². The van der Waals surface area contributed by atoms with Gasteiger partial charge in [-0.05, 0) is 42.6 Å². The summed E-state index contributed by atoms with van der Waals surface area (Å²) in [6.45, 7) is 1.31. The van der Waals surface area contributed by atoms with Crippen molar-refractivity contribution >= 4 is 23.7 Å². The van der Waals surface area contributed by atoms with E-state index in [0.29, 0.717) is 37.1 Å². The molecule has 0 aliphatic carbocycles. The van der Waals surface area contributed by atoms with Crippen LogP contribution in [0.1, 0.15) is 24.0 Å². The number of carboxylic acids is 1. The lowest BCUT2D eigenvalue weighted by Crippen LogP contribution is -2.27. The molecule has 0 fully saturated rings. The molecule has 0 spiro atoms. The molecule has 0 heterocycles. The number of nitrogens with zero attached hydrogens (tertiary/aromatic N) is 1. The van der Waals surface area contributed by atoms with E-state index in [1.165, 1.54) is 6.07 Å². The highest BCUT2D eigenvalue weighted by Crippen LogP contribution is 2.14. The van der Waals surface area contributed by atoms with Gasteiger partial charge < -0.3 is 15.2 Å². The minimum atomic E-state index is -1.27. The minimum absolute atomic E-state index is 0.00124. The highest BCUT2D eigenvalue weighted by atomic mass is 19.2. The Morgan fingerprint density at radius 3 is 2.35 bits per heavy atom. The number of aliphatic carboxylic acids is 1. The van der Waals surface area contributed by atoms with Gasteiger partial charge in [0.05, 0.1) is 0 Å². The van der Waals surface area contributed by atoms with Crippen molar-refractivity contribution in [3.8, 4) is 0 Å². The number of benzene rings is 2. The van der Waals surface area contributed by atoms with Gasteiger partial charge in [-0.25, -0.2) is 23.4 Å². The largest absolute Gasteiger partial charge is 0.478 e. The Morgan fingerprint density at radius 2 is 1.68 bits per heavy atom. The Balaban J connectivity index is 1.61. The van der Waals surface area contributed by atoms with E-state index in [2.05, 4.69) is 10.6 Å². The lowest BCUT2D eigenvalue weighted by molar-refractivity contribution is -0.159. The number of hydrogen-bond donors (Lipinski definition) is 4. The molecule has 0 aliphatic rings. The molecule has 11 heteroatoms. The number of nitrogens with one attached hydrogen (secondary N) is 2. The van der Waals surface area contributed by atoms with Gasteiger partial charge in [-0.1, -0.05) is 24.3 Å². The molecule has 2 aromatic carbocycles. The van der Waals surface area contributed by atoms with E-state index >= 15 is 0 Å². The zero-order valence-corrected chi connectivity index (χ0v) is 18.2. The first kappa shape index (κ1) is 26.4. The van der Waals surface area contributed by atoms with Crippen molar-refractivity contribution in [3.05, 3.63) is 77.4 Å². The van der Waals surface area contributed by atoms with E-state index in [4.69, 9.17) is 9.84 Å². The summed E-state index contributed by atoms with van der Waals surface area (Å²) in [6, 6.07) is 10.3. The maximum atomic E-state index is 13.2. The van der Waals surface area contributed by atoms with Crippen LogP contribution >= 0.6 is 0 Å². The predicted octanol–water partition coefficient (Wildman–Crippen LogP) is 3.44. The number of carboxylic acid groups (broad SMARTS) is 1. The number of hydroxylamine groups is 2. The van der Waals surface area contributed by atoms with Crippen LogP contribution in [0.5, 0.6) is 0 Å². The molecule has 2 rings (SSSR count). The number of ether oxygens (including phenoxy) is 1. The van der Waals surface area contributed by atoms with Crippen LogP contribution in [0.25, 0.3) is 0 Å². The number of amides is 2. The molecule has 4 N–H and O–H groups in total. The lowest BCUT2D eigenvalue weighted by Gasteiger charge is -2.12. The number of halogens is 2. The molecule has 0 unspecified atom stereocenters. The van der Waals surface area contributed by atoms with Crippen LogP contribution in [-0.2, 0) is 27.5 Å². The average molecular weight is 477 g/mol. The van der Waals surface area contributed by atoms with Gasteiger partial charge in [0.1, 0.15) is 6.61 Å². The molecule has 182 valence electrons. The summed E-state index contributed by atoms with van der Waals surface area (Å²) in [5.74, 6) is -4.14. The zero-order chi connectivity index (χ0) is 24.9. The van der Waals surface area contributed by atoms with E-state index in [9.17, 15) is 28.4 Å². The van der Waals surface area contributed by atoms with Crippen LogP contribution in [0.4, 0.5) is 19.3 Å². The summed E-state index contributed by atoms with van der Waals surface area (Å²) in [7, 11) is 0. The topological polar surface area (TPSA) is 128 Å². The monoisotopic (exact) mass is 477 g/mol. The first-order valence-electron chi connectivity index (χ1n) is 10.3. The smallest absolute Gasteiger partial charge is 0.411 e. The average Bonchev–Trinajstić information content (AvgIpc) is 2.81. The van der Waals surface area contributed by atoms with Gasteiger partial charge in [-0.15, -0.1) is 0 Å². The van der Waals surface area contributed by atoms with E-state index < -0.39 is 29.6 Å². The van der Waals surface area contributed by atoms with Crippen LogP contribution in [-0.4, -0.2) is 46.4 Å². The number of carbonyl (C=O) groups is 3. The highest BCUT2D eigenvalue weighted by Gasteiger charge is 2.08. The van der Waals surface area contributed by atoms with Crippen LogP contribution < -0.4 is 10.6 Å². The first-order chi connectivity index (χ1) is 16.2. The third kappa shape index (κ3) is 9.76. The predicted molar refractivity (Wildman–Crippen MR) is 118 cm³/mol. The molecule has 2 amide bonds. The lowest BCUT2D eigenvalue weighted by atomic mass is 10.1. The summed E-state index contributed by atoms with van der Waals surface area (Å²) in [5.41, 5.74) is 1.82. The van der Waals surface area contributed by atoms with Crippen molar-refractivity contribution in [2.45, 2.75) is 26.0 Å². The molecule has 9 nitrogen and oxygen atoms in total. The van der Waals surface area contributed by atoms with Gasteiger partial charge in [0.2, 0.25) is 0 Å². The van der Waals surface area contributed by atoms with E-state index in [-0.39, 0.29) is 18.8 Å². The Bertz CT molecular complexity index is 1010. The van der Waals surface area contributed by atoms with Crippen LogP contribution in [0.2, 0.25) is 0 Å².